The predicted octanol–water partition coefficient (Wildman–Crippen LogP) is 3.44. The Morgan fingerprint density at radius 2 is 2.00 bits per heavy atom. The van der Waals surface area contributed by atoms with Crippen molar-refractivity contribution in [2.75, 3.05) is 13.1 Å². The van der Waals surface area contributed by atoms with E-state index in [-0.39, 0.29) is 18.1 Å². The van der Waals surface area contributed by atoms with Gasteiger partial charge >= 0.3 is 6.09 Å². The molecule has 0 spiro atoms. The van der Waals surface area contributed by atoms with Gasteiger partial charge < -0.3 is 15.4 Å². The van der Waals surface area contributed by atoms with Crippen LogP contribution in [0.1, 0.15) is 27.7 Å². The highest BCUT2D eigenvalue weighted by Gasteiger charge is 2.35. The molecule has 2 N–H and O–H groups in total. The molecule has 0 aromatic carbocycles. The summed E-state index contributed by atoms with van der Waals surface area (Å²) in [6.07, 6.45) is 5.11. The van der Waals surface area contributed by atoms with Gasteiger partial charge in [-0.2, -0.15) is 0 Å². The van der Waals surface area contributed by atoms with Crippen molar-refractivity contribution in [2.45, 2.75) is 39.3 Å². The van der Waals surface area contributed by atoms with Gasteiger partial charge in [0.05, 0.1) is 0 Å². The van der Waals surface area contributed by atoms with Crippen molar-refractivity contribution in [2.24, 2.45) is 11.7 Å². The number of nitrogens with zero attached hydrogens (tertiary/aromatic N) is 1. The van der Waals surface area contributed by atoms with Crippen molar-refractivity contribution >= 4 is 17.7 Å². The Bertz CT molecular complexity index is 463. The molecule has 0 radical (unpaired) electrons. The highest BCUT2D eigenvalue weighted by Crippen LogP contribution is 2.25. The molecule has 2 atom stereocenters. The normalized spacial score (nSPS) is 23.7. The lowest BCUT2D eigenvalue weighted by atomic mass is 9.95. The number of halogens is 1. The van der Waals surface area contributed by atoms with Crippen molar-refractivity contribution in [1.29, 1.82) is 0 Å². The van der Waals surface area contributed by atoms with Crippen LogP contribution >= 0.6 is 11.6 Å². The van der Waals surface area contributed by atoms with Crippen molar-refractivity contribution in [1.82, 2.24) is 4.90 Å². The first-order chi connectivity index (χ1) is 9.64. The van der Waals surface area contributed by atoms with Crippen LogP contribution in [0.25, 0.3) is 0 Å². The molecule has 0 aliphatic carbocycles. The quantitative estimate of drug-likeness (QED) is 0.812. The zero-order valence-corrected chi connectivity index (χ0v) is 14.0. The molecule has 0 bridgehead atoms. The fraction of sp³-hybridized carbons (Fsp3) is 0.562. The van der Waals surface area contributed by atoms with E-state index in [4.69, 9.17) is 22.1 Å². The molecule has 1 fully saturated rings. The zero-order chi connectivity index (χ0) is 16.2. The molecular formula is C16H25ClN2O2. The van der Waals surface area contributed by atoms with E-state index in [9.17, 15) is 4.79 Å². The number of nitrogens with two attached hydrogens (primary N) is 1. The van der Waals surface area contributed by atoms with Gasteiger partial charge in [0.2, 0.25) is 0 Å². The minimum absolute atomic E-state index is 0.0232. The fourth-order valence-corrected chi connectivity index (χ4v) is 2.17. The van der Waals surface area contributed by atoms with E-state index < -0.39 is 5.60 Å². The molecule has 5 heteroatoms. The number of hydrogen-bond acceptors (Lipinski definition) is 3. The van der Waals surface area contributed by atoms with Gasteiger partial charge in [-0.1, -0.05) is 30.3 Å². The fourth-order valence-electron chi connectivity index (χ4n) is 2.10. The molecule has 0 aromatic rings. The molecule has 1 aliphatic heterocycles. The lowest BCUT2D eigenvalue weighted by Crippen LogP contribution is -2.36. The summed E-state index contributed by atoms with van der Waals surface area (Å²) in [5, 5.41) is 0.645. The number of ether oxygens (including phenoxy) is 1. The van der Waals surface area contributed by atoms with Gasteiger partial charge in [0.25, 0.3) is 0 Å². The van der Waals surface area contributed by atoms with Gasteiger partial charge in [-0.3, -0.25) is 0 Å². The van der Waals surface area contributed by atoms with Crippen LogP contribution in [0, 0.1) is 5.92 Å². The van der Waals surface area contributed by atoms with E-state index in [0.29, 0.717) is 18.1 Å². The lowest BCUT2D eigenvalue weighted by Gasteiger charge is -2.24. The number of carbonyl (C=O) groups excluding carboxylic acids is 1. The third-order valence-corrected chi connectivity index (χ3v) is 3.57. The molecule has 21 heavy (non-hydrogen) atoms. The van der Waals surface area contributed by atoms with Crippen molar-refractivity contribution in [3.05, 3.63) is 35.4 Å². The molecule has 4 nitrogen and oxygen atoms in total. The Balaban J connectivity index is 2.66. The van der Waals surface area contributed by atoms with Crippen LogP contribution in [-0.2, 0) is 4.74 Å². The summed E-state index contributed by atoms with van der Waals surface area (Å²) >= 11 is 5.92. The minimum Gasteiger partial charge on any atom is -0.444 e. The largest absolute Gasteiger partial charge is 0.444 e. The second-order valence-corrected chi connectivity index (χ2v) is 6.67. The second-order valence-electron chi connectivity index (χ2n) is 6.24. The number of rotatable bonds is 3. The molecule has 1 aliphatic rings. The zero-order valence-electron chi connectivity index (χ0n) is 13.2. The van der Waals surface area contributed by atoms with E-state index in [1.54, 1.807) is 17.1 Å². The van der Waals surface area contributed by atoms with Gasteiger partial charge in [-0.25, -0.2) is 4.79 Å². The Labute approximate surface area is 132 Å². The molecule has 0 saturated carbocycles. The first-order valence-corrected chi connectivity index (χ1v) is 7.44. The van der Waals surface area contributed by atoms with Gasteiger partial charge in [-0.15, -0.1) is 0 Å². The monoisotopic (exact) mass is 312 g/mol. The van der Waals surface area contributed by atoms with Crippen LogP contribution in [0.5, 0.6) is 0 Å². The Morgan fingerprint density at radius 1 is 1.38 bits per heavy atom. The third kappa shape index (κ3) is 5.56. The average Bonchev–Trinajstić information content (AvgIpc) is 2.75. The Hall–Kier alpha value is -1.26. The molecule has 1 heterocycles. The van der Waals surface area contributed by atoms with Crippen LogP contribution < -0.4 is 5.73 Å². The molecule has 0 aromatic heterocycles. The van der Waals surface area contributed by atoms with E-state index in [1.807, 2.05) is 33.8 Å². The maximum Gasteiger partial charge on any atom is 0.410 e. The molecule has 1 saturated heterocycles. The van der Waals surface area contributed by atoms with Crippen LogP contribution in [-0.4, -0.2) is 35.7 Å². The summed E-state index contributed by atoms with van der Waals surface area (Å²) in [6.45, 7) is 12.4. The summed E-state index contributed by atoms with van der Waals surface area (Å²) in [5.41, 5.74) is 6.48. The topological polar surface area (TPSA) is 55.6 Å². The van der Waals surface area contributed by atoms with Crippen LogP contribution in [0.2, 0.25) is 0 Å². The maximum absolute atomic E-state index is 12.1. The molecule has 0 unspecified atom stereocenters. The Kier molecular flexibility index (Phi) is 6.05. The minimum atomic E-state index is -0.504. The van der Waals surface area contributed by atoms with Gasteiger partial charge in [0, 0.05) is 30.1 Å². The summed E-state index contributed by atoms with van der Waals surface area (Å²) < 4.78 is 5.37. The third-order valence-electron chi connectivity index (χ3n) is 3.23. The number of allylic oxidation sites excluding steroid dienone is 4. The molecule has 118 valence electrons. The van der Waals surface area contributed by atoms with Crippen LogP contribution in [0.4, 0.5) is 4.79 Å². The van der Waals surface area contributed by atoms with Crippen LogP contribution in [0.15, 0.2) is 35.4 Å². The smallest absolute Gasteiger partial charge is 0.410 e. The van der Waals surface area contributed by atoms with E-state index in [1.165, 1.54) is 0 Å². The number of amides is 1. The van der Waals surface area contributed by atoms with Gasteiger partial charge in [0.1, 0.15) is 5.60 Å². The van der Waals surface area contributed by atoms with Crippen molar-refractivity contribution < 1.29 is 9.53 Å². The van der Waals surface area contributed by atoms with E-state index >= 15 is 0 Å². The van der Waals surface area contributed by atoms with Gasteiger partial charge in [-0.05, 0) is 39.3 Å². The summed E-state index contributed by atoms with van der Waals surface area (Å²) in [6, 6.07) is -0.140. The highest BCUT2D eigenvalue weighted by atomic mass is 35.5. The number of likely N-dealkylation sites (tertiary alicyclic amines) is 1. The first kappa shape index (κ1) is 17.8. The molecule has 1 rings (SSSR count). The lowest BCUT2D eigenvalue weighted by molar-refractivity contribution is 0.0289. The number of hydrogen-bond donors (Lipinski definition) is 1. The summed E-state index contributed by atoms with van der Waals surface area (Å²) in [4.78, 5) is 13.7. The number of carbonyl (C=O) groups is 1. The SMILES string of the molecule is C=C(/C=C\C(Cl)=C/C)[C@H]1CN(C(=O)OC(C)(C)C)C[C@@H]1N. The van der Waals surface area contributed by atoms with Gasteiger partial charge in [0.15, 0.2) is 0 Å². The molecule has 1 amide bonds. The summed E-state index contributed by atoms with van der Waals surface area (Å²) in [5.74, 6) is 0.0232. The van der Waals surface area contributed by atoms with Crippen LogP contribution in [0.3, 0.4) is 0 Å². The summed E-state index contributed by atoms with van der Waals surface area (Å²) in [7, 11) is 0. The second kappa shape index (κ2) is 7.14. The van der Waals surface area contributed by atoms with E-state index in [0.717, 1.165) is 5.57 Å². The Morgan fingerprint density at radius 3 is 2.52 bits per heavy atom. The standard InChI is InChI=1S/C16H25ClN2O2/c1-6-12(17)8-7-11(2)13-9-19(10-14(13)18)15(20)21-16(3,4)5/h6-8,13-14H,2,9-10,18H2,1,3-5H3/b8-7-,12-6+/t13-,14+/m1/s1. The van der Waals surface area contributed by atoms with E-state index in [2.05, 4.69) is 6.58 Å². The predicted molar refractivity (Wildman–Crippen MR) is 87.2 cm³/mol. The average molecular weight is 313 g/mol. The van der Waals surface area contributed by atoms with Crippen molar-refractivity contribution in [3.8, 4) is 0 Å². The molecular weight excluding hydrogens is 288 g/mol. The maximum atomic E-state index is 12.1. The van der Waals surface area contributed by atoms with Crippen molar-refractivity contribution in [3.63, 3.8) is 0 Å². The first-order valence-electron chi connectivity index (χ1n) is 7.06. The highest BCUT2D eigenvalue weighted by molar-refractivity contribution is 6.31.